The lowest BCUT2D eigenvalue weighted by atomic mass is 10.2. The van der Waals surface area contributed by atoms with E-state index in [-0.39, 0.29) is 6.61 Å². The van der Waals surface area contributed by atoms with Gasteiger partial charge in [0.15, 0.2) is 11.5 Å². The van der Waals surface area contributed by atoms with Crippen LogP contribution in [-0.2, 0) is 13.1 Å². The zero-order chi connectivity index (χ0) is 19.8. The first-order valence-corrected chi connectivity index (χ1v) is 10.1. The lowest BCUT2D eigenvalue weighted by Crippen LogP contribution is -2.36. The molecular weight excluding hydrogens is 360 g/mol. The van der Waals surface area contributed by atoms with Crippen molar-refractivity contribution in [1.82, 2.24) is 10.2 Å². The van der Waals surface area contributed by atoms with Crippen LogP contribution >= 0.6 is 11.3 Å². The number of thiophene rings is 1. The summed E-state index contributed by atoms with van der Waals surface area (Å²) < 4.78 is 11.2. The Morgan fingerprint density at radius 1 is 1.15 bits per heavy atom. The minimum Gasteiger partial charge on any atom is -0.493 e. The standard InChI is InChI=1S/C21H32N2O3S/c1-15(2)23(4)13-18(24)14-26-20-9-7-17(10-21(20)25-5)11-22-12-19-8-6-16(3)27-19/h6-10,15,18,22,24H,11-14H2,1-5H3/t18-/m0/s1. The second-order valence-electron chi connectivity index (χ2n) is 7.10. The second kappa shape index (κ2) is 10.7. The highest BCUT2D eigenvalue weighted by Gasteiger charge is 2.13. The van der Waals surface area contributed by atoms with Gasteiger partial charge in [-0.1, -0.05) is 6.07 Å². The van der Waals surface area contributed by atoms with Crippen LogP contribution in [0.25, 0.3) is 0 Å². The molecule has 27 heavy (non-hydrogen) atoms. The average Bonchev–Trinajstić information content (AvgIpc) is 3.05. The van der Waals surface area contributed by atoms with Crippen LogP contribution in [0.15, 0.2) is 30.3 Å². The minimum atomic E-state index is -0.544. The van der Waals surface area contributed by atoms with Crippen molar-refractivity contribution in [3.05, 3.63) is 45.6 Å². The summed E-state index contributed by atoms with van der Waals surface area (Å²) in [6.45, 7) is 8.75. The fourth-order valence-electron chi connectivity index (χ4n) is 2.63. The van der Waals surface area contributed by atoms with E-state index >= 15 is 0 Å². The number of hydrogen-bond acceptors (Lipinski definition) is 6. The van der Waals surface area contributed by atoms with Crippen LogP contribution in [0.2, 0.25) is 0 Å². The van der Waals surface area contributed by atoms with Crippen LogP contribution in [0.1, 0.15) is 29.2 Å². The third-order valence-electron chi connectivity index (χ3n) is 4.46. The lowest BCUT2D eigenvalue weighted by Gasteiger charge is -2.24. The summed E-state index contributed by atoms with van der Waals surface area (Å²) in [7, 11) is 3.63. The third kappa shape index (κ3) is 7.14. The molecule has 0 aliphatic heterocycles. The number of likely N-dealkylation sites (N-methyl/N-ethyl adjacent to an activating group) is 1. The molecule has 0 unspecified atom stereocenters. The Morgan fingerprint density at radius 3 is 2.56 bits per heavy atom. The van der Waals surface area contributed by atoms with Gasteiger partial charge in [-0.15, -0.1) is 11.3 Å². The highest BCUT2D eigenvalue weighted by atomic mass is 32.1. The van der Waals surface area contributed by atoms with Gasteiger partial charge in [0, 0.05) is 35.4 Å². The van der Waals surface area contributed by atoms with Crippen molar-refractivity contribution in [3.63, 3.8) is 0 Å². The van der Waals surface area contributed by atoms with E-state index in [2.05, 4.69) is 43.1 Å². The fraction of sp³-hybridized carbons (Fsp3) is 0.524. The predicted molar refractivity (Wildman–Crippen MR) is 112 cm³/mol. The van der Waals surface area contributed by atoms with Gasteiger partial charge in [0.05, 0.1) is 7.11 Å². The Labute approximate surface area is 166 Å². The van der Waals surface area contributed by atoms with Crippen LogP contribution in [-0.4, -0.2) is 49.5 Å². The summed E-state index contributed by atoms with van der Waals surface area (Å²) >= 11 is 1.81. The maximum Gasteiger partial charge on any atom is 0.161 e. The Kier molecular flexibility index (Phi) is 8.57. The van der Waals surface area contributed by atoms with Crippen molar-refractivity contribution in [2.75, 3.05) is 27.3 Å². The van der Waals surface area contributed by atoms with Crippen molar-refractivity contribution in [2.45, 2.75) is 46.0 Å². The van der Waals surface area contributed by atoms with Crippen LogP contribution in [0.4, 0.5) is 0 Å². The molecule has 0 spiro atoms. The lowest BCUT2D eigenvalue weighted by molar-refractivity contribution is 0.0668. The molecule has 2 rings (SSSR count). The van der Waals surface area contributed by atoms with E-state index in [9.17, 15) is 5.11 Å². The number of aliphatic hydroxyl groups is 1. The number of aryl methyl sites for hydroxylation is 1. The maximum absolute atomic E-state index is 10.2. The van der Waals surface area contributed by atoms with E-state index in [1.165, 1.54) is 9.75 Å². The Bertz CT molecular complexity index is 702. The van der Waals surface area contributed by atoms with Gasteiger partial charge in [-0.3, -0.25) is 0 Å². The fourth-order valence-corrected chi connectivity index (χ4v) is 3.49. The van der Waals surface area contributed by atoms with Crippen LogP contribution in [0, 0.1) is 6.92 Å². The second-order valence-corrected chi connectivity index (χ2v) is 8.47. The SMILES string of the molecule is COc1cc(CNCc2ccc(C)s2)ccc1OC[C@@H](O)CN(C)C(C)C. The molecule has 2 N–H and O–H groups in total. The Hall–Kier alpha value is -1.60. The molecule has 150 valence electrons. The summed E-state index contributed by atoms with van der Waals surface area (Å²) in [5, 5.41) is 13.6. The molecule has 1 atom stereocenters. The quantitative estimate of drug-likeness (QED) is 0.614. The summed E-state index contributed by atoms with van der Waals surface area (Å²) in [6, 6.07) is 10.6. The van der Waals surface area contributed by atoms with Crippen LogP contribution in [0.5, 0.6) is 11.5 Å². The van der Waals surface area contributed by atoms with E-state index < -0.39 is 6.10 Å². The van der Waals surface area contributed by atoms with Crippen molar-refractivity contribution in [3.8, 4) is 11.5 Å². The van der Waals surface area contributed by atoms with Gasteiger partial charge in [-0.05, 0) is 57.6 Å². The first-order valence-electron chi connectivity index (χ1n) is 9.33. The van der Waals surface area contributed by atoms with E-state index in [0.29, 0.717) is 24.1 Å². The van der Waals surface area contributed by atoms with E-state index in [4.69, 9.17) is 9.47 Å². The molecule has 1 heterocycles. The van der Waals surface area contributed by atoms with Gasteiger partial charge in [0.1, 0.15) is 12.7 Å². The predicted octanol–water partition coefficient (Wildman–Crippen LogP) is 3.43. The molecule has 0 amide bonds. The Balaban J connectivity index is 1.85. The molecule has 0 aliphatic carbocycles. The van der Waals surface area contributed by atoms with Gasteiger partial charge in [-0.2, -0.15) is 0 Å². The number of nitrogens with one attached hydrogen (secondary N) is 1. The molecule has 0 fully saturated rings. The van der Waals surface area contributed by atoms with Gasteiger partial charge in [-0.25, -0.2) is 0 Å². The van der Waals surface area contributed by atoms with Crippen molar-refractivity contribution >= 4 is 11.3 Å². The summed E-state index contributed by atoms with van der Waals surface area (Å²) in [5.74, 6) is 1.34. The van der Waals surface area contributed by atoms with Crippen molar-refractivity contribution in [1.29, 1.82) is 0 Å². The maximum atomic E-state index is 10.2. The monoisotopic (exact) mass is 392 g/mol. The molecule has 0 aliphatic rings. The molecular formula is C21H32N2O3S. The molecule has 1 aromatic carbocycles. The zero-order valence-corrected chi connectivity index (χ0v) is 17.8. The van der Waals surface area contributed by atoms with Crippen LogP contribution < -0.4 is 14.8 Å². The van der Waals surface area contributed by atoms with E-state index in [1.54, 1.807) is 7.11 Å². The van der Waals surface area contributed by atoms with E-state index in [1.807, 2.05) is 36.6 Å². The van der Waals surface area contributed by atoms with E-state index in [0.717, 1.165) is 18.7 Å². The number of hydrogen-bond donors (Lipinski definition) is 2. The summed E-state index contributed by atoms with van der Waals surface area (Å²) in [4.78, 5) is 4.76. The smallest absolute Gasteiger partial charge is 0.161 e. The highest BCUT2D eigenvalue weighted by Crippen LogP contribution is 2.28. The van der Waals surface area contributed by atoms with Crippen LogP contribution in [0.3, 0.4) is 0 Å². The molecule has 6 heteroatoms. The number of ether oxygens (including phenoxy) is 2. The molecule has 5 nitrogen and oxygen atoms in total. The average molecular weight is 393 g/mol. The number of methoxy groups -OCH3 is 1. The molecule has 0 bridgehead atoms. The van der Waals surface area contributed by atoms with Gasteiger partial charge >= 0.3 is 0 Å². The molecule has 2 aromatic rings. The molecule has 0 saturated heterocycles. The first kappa shape index (κ1) is 21.7. The topological polar surface area (TPSA) is 54.0 Å². The number of aliphatic hydroxyl groups excluding tert-OH is 1. The van der Waals surface area contributed by atoms with Crippen molar-refractivity contribution in [2.24, 2.45) is 0 Å². The van der Waals surface area contributed by atoms with Gasteiger partial charge in [0.25, 0.3) is 0 Å². The normalized spacial score (nSPS) is 12.6. The number of rotatable bonds is 11. The minimum absolute atomic E-state index is 0.239. The zero-order valence-electron chi connectivity index (χ0n) is 17.0. The Morgan fingerprint density at radius 2 is 1.93 bits per heavy atom. The molecule has 1 aromatic heterocycles. The highest BCUT2D eigenvalue weighted by molar-refractivity contribution is 7.11. The summed E-state index contributed by atoms with van der Waals surface area (Å²) in [5.41, 5.74) is 1.13. The van der Waals surface area contributed by atoms with Gasteiger partial charge < -0.3 is 24.8 Å². The van der Waals surface area contributed by atoms with Crippen molar-refractivity contribution < 1.29 is 14.6 Å². The molecule has 0 saturated carbocycles. The van der Waals surface area contributed by atoms with Gasteiger partial charge in [0.2, 0.25) is 0 Å². The largest absolute Gasteiger partial charge is 0.493 e. The molecule has 0 radical (unpaired) electrons. The first-order chi connectivity index (χ1) is 12.9. The number of nitrogens with zero attached hydrogens (tertiary/aromatic N) is 1. The summed E-state index contributed by atoms with van der Waals surface area (Å²) in [6.07, 6.45) is -0.544. The number of benzene rings is 1. The third-order valence-corrected chi connectivity index (χ3v) is 5.46.